The van der Waals surface area contributed by atoms with E-state index < -0.39 is 0 Å². The first-order valence-electron chi connectivity index (χ1n) is 8.78. The molecule has 0 aliphatic rings. The molecule has 0 unspecified atom stereocenters. The number of rotatable bonds is 5. The molecule has 0 spiro atoms. The molecular formula is C20H19BrN6O. The molecule has 142 valence electrons. The van der Waals surface area contributed by atoms with Crippen molar-refractivity contribution in [3.05, 3.63) is 70.0 Å². The van der Waals surface area contributed by atoms with Crippen LogP contribution in [0.1, 0.15) is 16.7 Å². The molecule has 0 aliphatic carbocycles. The molecule has 0 fully saturated rings. The zero-order valence-corrected chi connectivity index (χ0v) is 17.4. The topological polar surface area (TPSA) is 70.7 Å². The normalized spacial score (nSPS) is 11.0. The minimum atomic E-state index is 0.526. The Hall–Kier alpha value is -3.00. The molecule has 7 nitrogen and oxygen atoms in total. The molecule has 0 aliphatic heterocycles. The first kappa shape index (κ1) is 18.4. The smallest absolute Gasteiger partial charge is 0.209 e. The quantitative estimate of drug-likeness (QED) is 0.471. The first-order valence-corrected chi connectivity index (χ1v) is 9.57. The second-order valence-corrected chi connectivity index (χ2v) is 7.24. The third-order valence-electron chi connectivity index (χ3n) is 4.54. The van der Waals surface area contributed by atoms with E-state index in [4.69, 9.17) is 4.74 Å². The zero-order valence-electron chi connectivity index (χ0n) is 15.8. The lowest BCUT2D eigenvalue weighted by Gasteiger charge is -2.10. The maximum Gasteiger partial charge on any atom is 0.209 e. The van der Waals surface area contributed by atoms with Gasteiger partial charge in [-0.3, -0.25) is 0 Å². The maximum absolute atomic E-state index is 5.19. The molecule has 0 atom stereocenters. The Morgan fingerprint density at radius 3 is 2.43 bits per heavy atom. The summed E-state index contributed by atoms with van der Waals surface area (Å²) in [5.41, 5.74) is 5.20. The highest BCUT2D eigenvalue weighted by atomic mass is 79.9. The van der Waals surface area contributed by atoms with Crippen LogP contribution in [0.3, 0.4) is 0 Å². The van der Waals surface area contributed by atoms with E-state index in [1.54, 1.807) is 18.1 Å². The van der Waals surface area contributed by atoms with Gasteiger partial charge < -0.3 is 4.74 Å². The molecule has 0 saturated heterocycles. The molecule has 2 heterocycles. The third-order valence-corrected chi connectivity index (χ3v) is 5.30. The summed E-state index contributed by atoms with van der Waals surface area (Å²) in [6.07, 6.45) is 1.75. The Kier molecular flexibility index (Phi) is 4.95. The van der Waals surface area contributed by atoms with Crippen molar-refractivity contribution >= 4 is 15.9 Å². The van der Waals surface area contributed by atoms with Crippen molar-refractivity contribution in [2.45, 2.75) is 20.4 Å². The molecule has 2 aromatic heterocycles. The fraction of sp³-hybridized carbons (Fsp3) is 0.200. The van der Waals surface area contributed by atoms with E-state index in [9.17, 15) is 0 Å². The summed E-state index contributed by atoms with van der Waals surface area (Å²) in [6.45, 7) is 4.67. The van der Waals surface area contributed by atoms with Crippen molar-refractivity contribution in [3.8, 4) is 22.8 Å². The number of ether oxygens (including phenoxy) is 1. The average molecular weight is 439 g/mol. The molecule has 4 aromatic rings. The van der Waals surface area contributed by atoms with Crippen LogP contribution in [0.4, 0.5) is 0 Å². The van der Waals surface area contributed by atoms with Crippen LogP contribution in [-0.2, 0) is 6.54 Å². The summed E-state index contributed by atoms with van der Waals surface area (Å²) >= 11 is 3.65. The zero-order chi connectivity index (χ0) is 19.7. The molecule has 4 rings (SSSR count). The van der Waals surface area contributed by atoms with Crippen LogP contribution in [0, 0.1) is 13.8 Å². The van der Waals surface area contributed by atoms with Crippen molar-refractivity contribution < 1.29 is 4.74 Å². The highest BCUT2D eigenvalue weighted by molar-refractivity contribution is 9.10. The van der Waals surface area contributed by atoms with Crippen LogP contribution in [-0.4, -0.2) is 37.1 Å². The number of para-hydroxylation sites is 1. The van der Waals surface area contributed by atoms with Crippen molar-refractivity contribution in [2.24, 2.45) is 0 Å². The van der Waals surface area contributed by atoms with E-state index in [1.165, 1.54) is 0 Å². The number of methoxy groups -OCH3 is 1. The third kappa shape index (κ3) is 3.43. The summed E-state index contributed by atoms with van der Waals surface area (Å²) in [5.74, 6) is 1.34. The highest BCUT2D eigenvalue weighted by Gasteiger charge is 2.18. The van der Waals surface area contributed by atoms with Gasteiger partial charge in [0.05, 0.1) is 31.1 Å². The summed E-state index contributed by atoms with van der Waals surface area (Å²) in [6, 6.07) is 14.0. The van der Waals surface area contributed by atoms with Crippen LogP contribution in [0.5, 0.6) is 5.75 Å². The van der Waals surface area contributed by atoms with Gasteiger partial charge in [-0.1, -0.05) is 30.3 Å². The summed E-state index contributed by atoms with van der Waals surface area (Å²) in [4.78, 5) is 1.57. The van der Waals surface area contributed by atoms with Gasteiger partial charge in [0.15, 0.2) is 0 Å². The molecule has 28 heavy (non-hydrogen) atoms. The van der Waals surface area contributed by atoms with Crippen LogP contribution in [0.15, 0.2) is 53.3 Å². The second-order valence-electron chi connectivity index (χ2n) is 6.49. The Balaban J connectivity index is 1.61. The van der Waals surface area contributed by atoms with E-state index >= 15 is 0 Å². The predicted octanol–water partition coefficient (Wildman–Crippen LogP) is 3.96. The van der Waals surface area contributed by atoms with Gasteiger partial charge in [-0.05, 0) is 63.8 Å². The monoisotopic (exact) mass is 438 g/mol. The van der Waals surface area contributed by atoms with Gasteiger partial charge in [0.25, 0.3) is 0 Å². The largest absolute Gasteiger partial charge is 0.497 e. The van der Waals surface area contributed by atoms with Crippen molar-refractivity contribution in [1.29, 1.82) is 0 Å². The van der Waals surface area contributed by atoms with Gasteiger partial charge in [-0.2, -0.15) is 9.90 Å². The molecule has 2 aromatic carbocycles. The number of hydrogen-bond donors (Lipinski definition) is 0. The van der Waals surface area contributed by atoms with Crippen molar-refractivity contribution in [1.82, 2.24) is 30.0 Å². The van der Waals surface area contributed by atoms with E-state index in [1.807, 2.05) is 35.0 Å². The number of hydrogen-bond acceptors (Lipinski definition) is 5. The fourth-order valence-corrected chi connectivity index (χ4v) is 3.64. The minimum absolute atomic E-state index is 0.526. The van der Waals surface area contributed by atoms with Gasteiger partial charge in [-0.25, -0.2) is 4.68 Å². The number of benzene rings is 2. The Morgan fingerprint density at radius 2 is 1.75 bits per heavy atom. The minimum Gasteiger partial charge on any atom is -0.497 e. The summed E-state index contributed by atoms with van der Waals surface area (Å²) in [7, 11) is 1.65. The van der Waals surface area contributed by atoms with Gasteiger partial charge >= 0.3 is 0 Å². The summed E-state index contributed by atoms with van der Waals surface area (Å²) < 4.78 is 7.85. The number of aryl methyl sites for hydroxylation is 2. The molecule has 0 radical (unpaired) electrons. The maximum atomic E-state index is 5.19. The van der Waals surface area contributed by atoms with Gasteiger partial charge in [0, 0.05) is 0 Å². The number of halogens is 1. The van der Waals surface area contributed by atoms with Crippen molar-refractivity contribution in [3.63, 3.8) is 0 Å². The molecule has 0 bridgehead atoms. The Bertz CT molecular complexity index is 1100. The molecule has 0 saturated carbocycles. The number of tetrazole rings is 1. The lowest BCUT2D eigenvalue weighted by Crippen LogP contribution is -2.04. The second kappa shape index (κ2) is 7.55. The molecule has 0 N–H and O–H groups in total. The van der Waals surface area contributed by atoms with E-state index in [2.05, 4.69) is 62.4 Å². The van der Waals surface area contributed by atoms with E-state index in [-0.39, 0.29) is 0 Å². The lowest BCUT2D eigenvalue weighted by atomic mass is 10.1. The van der Waals surface area contributed by atoms with Crippen LogP contribution in [0.2, 0.25) is 0 Å². The predicted molar refractivity (Wildman–Crippen MR) is 110 cm³/mol. The lowest BCUT2D eigenvalue weighted by molar-refractivity contribution is 0.414. The number of nitrogens with zero attached hydrogens (tertiary/aromatic N) is 6. The fourth-order valence-electron chi connectivity index (χ4n) is 3.09. The highest BCUT2D eigenvalue weighted by Crippen LogP contribution is 2.30. The van der Waals surface area contributed by atoms with Gasteiger partial charge in [-0.15, -0.1) is 10.2 Å². The van der Waals surface area contributed by atoms with Gasteiger partial charge in [0.1, 0.15) is 10.4 Å². The molecule has 8 heteroatoms. The Morgan fingerprint density at radius 1 is 1.04 bits per heavy atom. The van der Waals surface area contributed by atoms with Crippen LogP contribution in [0.25, 0.3) is 17.1 Å². The van der Waals surface area contributed by atoms with Crippen LogP contribution < -0.4 is 4.74 Å². The molecular weight excluding hydrogens is 420 g/mol. The van der Waals surface area contributed by atoms with Crippen LogP contribution >= 0.6 is 15.9 Å². The summed E-state index contributed by atoms with van der Waals surface area (Å²) in [5, 5.41) is 17.4. The first-order chi connectivity index (χ1) is 13.6. The van der Waals surface area contributed by atoms with Gasteiger partial charge in [0.2, 0.25) is 5.82 Å². The average Bonchev–Trinajstić information content (AvgIpc) is 3.29. The van der Waals surface area contributed by atoms with E-state index in [0.29, 0.717) is 12.4 Å². The molecule has 0 amide bonds. The number of aromatic nitrogens is 6. The Labute approximate surface area is 171 Å². The van der Waals surface area contributed by atoms with Crippen molar-refractivity contribution in [2.75, 3.05) is 7.11 Å². The SMILES string of the molecule is COc1ccc(Cn2nnc(-c3cnn(-c4c(C)cccc4C)c3Br)n2)cc1. The standard InChI is InChI=1S/C20H19BrN6O/c1-13-5-4-6-14(2)18(13)27-19(21)17(11-22-27)20-23-25-26(24-20)12-15-7-9-16(28-3)10-8-15/h4-11H,12H2,1-3H3. The van der Waals surface area contributed by atoms with E-state index in [0.717, 1.165) is 38.3 Å².